The van der Waals surface area contributed by atoms with E-state index in [-0.39, 0.29) is 17.0 Å². The summed E-state index contributed by atoms with van der Waals surface area (Å²) in [5.41, 5.74) is 0.219. The molecule has 1 N–H and O–H groups in total. The van der Waals surface area contributed by atoms with Gasteiger partial charge < -0.3 is 5.11 Å². The minimum Gasteiger partial charge on any atom is -0.478 e. The number of carboxylic acids is 1. The summed E-state index contributed by atoms with van der Waals surface area (Å²) in [5.74, 6) is 0.921. The first-order valence-electron chi connectivity index (χ1n) is 7.49. The molecule has 0 fully saturated rings. The van der Waals surface area contributed by atoms with Crippen LogP contribution in [-0.4, -0.2) is 26.0 Å². The maximum Gasteiger partial charge on any atom is 0.416 e. The van der Waals surface area contributed by atoms with Gasteiger partial charge in [-0.25, -0.2) is 19.7 Å². The second-order valence-electron chi connectivity index (χ2n) is 5.43. The lowest BCUT2D eigenvalue weighted by Crippen LogP contribution is -2.06. The van der Waals surface area contributed by atoms with E-state index >= 15 is 0 Å². The first kappa shape index (κ1) is 18.1. The van der Waals surface area contributed by atoms with Crippen LogP contribution in [-0.2, 0) is 6.18 Å². The summed E-state index contributed by atoms with van der Waals surface area (Å²) in [6.07, 6.45) is 5.08. The Bertz CT molecular complexity index is 1040. The standard InChI is InChI=1S/C19H10F3N3O2/c1-2-16-15(18(26)27)7-14(17(25-16)12-8-23-10-24-9-12)11-3-5-13(6-4-11)19(20,21)22/h1,3-10H,(H,26,27). The average molecular weight is 369 g/mol. The van der Waals surface area contributed by atoms with Crippen LogP contribution in [0, 0.1) is 12.3 Å². The van der Waals surface area contributed by atoms with Crippen molar-refractivity contribution in [1.29, 1.82) is 0 Å². The number of hydrogen-bond donors (Lipinski definition) is 1. The van der Waals surface area contributed by atoms with E-state index in [0.717, 1.165) is 12.1 Å². The number of halogens is 3. The van der Waals surface area contributed by atoms with Crippen LogP contribution in [0.1, 0.15) is 21.6 Å². The quantitative estimate of drug-likeness (QED) is 0.709. The Labute approximate surface area is 151 Å². The van der Waals surface area contributed by atoms with Crippen molar-refractivity contribution in [3.05, 3.63) is 65.9 Å². The van der Waals surface area contributed by atoms with Crippen molar-refractivity contribution in [2.45, 2.75) is 6.18 Å². The minimum absolute atomic E-state index is 0.1000. The fraction of sp³-hybridized carbons (Fsp3) is 0.0526. The highest BCUT2D eigenvalue weighted by Crippen LogP contribution is 2.35. The largest absolute Gasteiger partial charge is 0.478 e. The highest BCUT2D eigenvalue weighted by Gasteiger charge is 2.30. The first-order chi connectivity index (χ1) is 12.8. The van der Waals surface area contributed by atoms with E-state index in [1.165, 1.54) is 36.9 Å². The second kappa shape index (κ2) is 6.88. The van der Waals surface area contributed by atoms with Gasteiger partial charge in [0.15, 0.2) is 0 Å². The van der Waals surface area contributed by atoms with Gasteiger partial charge in [0, 0.05) is 23.5 Å². The summed E-state index contributed by atoms with van der Waals surface area (Å²) in [4.78, 5) is 23.5. The molecule has 8 heteroatoms. The molecular formula is C19H10F3N3O2. The summed E-state index contributed by atoms with van der Waals surface area (Å²) in [5, 5.41) is 9.37. The lowest BCUT2D eigenvalue weighted by Gasteiger charge is -2.13. The third-order valence-corrected chi connectivity index (χ3v) is 3.75. The van der Waals surface area contributed by atoms with Crippen molar-refractivity contribution in [3.8, 4) is 34.7 Å². The Hall–Kier alpha value is -3.73. The Balaban J connectivity index is 2.25. The summed E-state index contributed by atoms with van der Waals surface area (Å²) in [6.45, 7) is 0. The molecule has 5 nitrogen and oxygen atoms in total. The predicted molar refractivity (Wildman–Crippen MR) is 90.6 cm³/mol. The van der Waals surface area contributed by atoms with E-state index in [2.05, 4.69) is 20.9 Å². The number of rotatable bonds is 3. The van der Waals surface area contributed by atoms with Gasteiger partial charge in [0.05, 0.1) is 16.8 Å². The number of aromatic carboxylic acids is 1. The molecule has 0 saturated heterocycles. The van der Waals surface area contributed by atoms with E-state index < -0.39 is 17.7 Å². The third-order valence-electron chi connectivity index (χ3n) is 3.75. The van der Waals surface area contributed by atoms with Crippen LogP contribution in [0.2, 0.25) is 0 Å². The monoisotopic (exact) mass is 369 g/mol. The molecular weight excluding hydrogens is 359 g/mol. The van der Waals surface area contributed by atoms with Gasteiger partial charge in [-0.15, -0.1) is 6.42 Å². The molecule has 0 bridgehead atoms. The highest BCUT2D eigenvalue weighted by atomic mass is 19.4. The fourth-order valence-corrected chi connectivity index (χ4v) is 2.49. The van der Waals surface area contributed by atoms with Crippen LogP contribution in [0.25, 0.3) is 22.4 Å². The van der Waals surface area contributed by atoms with Crippen LogP contribution in [0.15, 0.2) is 49.1 Å². The molecule has 134 valence electrons. The zero-order valence-electron chi connectivity index (χ0n) is 13.5. The number of terminal acetylenes is 1. The van der Waals surface area contributed by atoms with E-state index in [1.807, 2.05) is 0 Å². The maximum atomic E-state index is 12.8. The number of hydrogen-bond acceptors (Lipinski definition) is 4. The van der Waals surface area contributed by atoms with E-state index in [1.54, 1.807) is 0 Å². The first-order valence-corrected chi connectivity index (χ1v) is 7.49. The van der Waals surface area contributed by atoms with Crippen LogP contribution >= 0.6 is 0 Å². The maximum absolute atomic E-state index is 12.8. The van der Waals surface area contributed by atoms with Crippen molar-refractivity contribution >= 4 is 5.97 Å². The van der Waals surface area contributed by atoms with Crippen LogP contribution in [0.5, 0.6) is 0 Å². The lowest BCUT2D eigenvalue weighted by atomic mass is 9.96. The van der Waals surface area contributed by atoms with Gasteiger partial charge in [-0.1, -0.05) is 12.1 Å². The topological polar surface area (TPSA) is 76.0 Å². The summed E-state index contributed by atoms with van der Waals surface area (Å²) >= 11 is 0. The predicted octanol–water partition coefficient (Wildman–Crippen LogP) is 3.90. The number of nitrogens with zero attached hydrogens (tertiary/aromatic N) is 3. The second-order valence-corrected chi connectivity index (χ2v) is 5.43. The Kier molecular flexibility index (Phi) is 4.60. The Morgan fingerprint density at radius 2 is 1.70 bits per heavy atom. The molecule has 0 spiro atoms. The van der Waals surface area contributed by atoms with Gasteiger partial charge in [0.2, 0.25) is 0 Å². The number of alkyl halides is 3. The van der Waals surface area contributed by atoms with E-state index in [9.17, 15) is 23.1 Å². The third kappa shape index (κ3) is 3.62. The molecule has 3 aromatic rings. The van der Waals surface area contributed by atoms with Crippen molar-refractivity contribution in [3.63, 3.8) is 0 Å². The molecule has 2 heterocycles. The van der Waals surface area contributed by atoms with Gasteiger partial charge in [0.25, 0.3) is 0 Å². The van der Waals surface area contributed by atoms with Crippen LogP contribution in [0.3, 0.4) is 0 Å². The van der Waals surface area contributed by atoms with Gasteiger partial charge in [-0.05, 0) is 29.7 Å². The van der Waals surface area contributed by atoms with Gasteiger partial charge in [-0.3, -0.25) is 0 Å². The molecule has 2 aromatic heterocycles. The summed E-state index contributed by atoms with van der Waals surface area (Å²) in [7, 11) is 0. The molecule has 0 radical (unpaired) electrons. The molecule has 0 saturated carbocycles. The van der Waals surface area contributed by atoms with Gasteiger partial charge in [0.1, 0.15) is 12.0 Å². The molecule has 0 unspecified atom stereocenters. The Morgan fingerprint density at radius 3 is 2.22 bits per heavy atom. The molecule has 0 aliphatic heterocycles. The molecule has 27 heavy (non-hydrogen) atoms. The SMILES string of the molecule is C#Cc1nc(-c2cncnc2)c(-c2ccc(C(F)(F)F)cc2)cc1C(=O)O. The minimum atomic E-state index is -4.48. The molecule has 0 aliphatic rings. The zero-order chi connectivity index (χ0) is 19.6. The van der Waals surface area contributed by atoms with Crippen LogP contribution < -0.4 is 0 Å². The summed E-state index contributed by atoms with van der Waals surface area (Å²) < 4.78 is 38.4. The number of aromatic nitrogens is 3. The van der Waals surface area contributed by atoms with Crippen LogP contribution in [0.4, 0.5) is 13.2 Å². The average Bonchev–Trinajstić information content (AvgIpc) is 2.67. The zero-order valence-corrected chi connectivity index (χ0v) is 13.5. The molecule has 0 amide bonds. The molecule has 0 atom stereocenters. The Morgan fingerprint density at radius 1 is 1.07 bits per heavy atom. The number of pyridine rings is 1. The van der Waals surface area contributed by atoms with E-state index in [0.29, 0.717) is 16.7 Å². The normalized spacial score (nSPS) is 11.0. The number of carboxylic acid groups (broad SMARTS) is 1. The molecule has 1 aromatic carbocycles. The number of carbonyl (C=O) groups is 1. The smallest absolute Gasteiger partial charge is 0.416 e. The summed E-state index contributed by atoms with van der Waals surface area (Å²) in [6, 6.07) is 5.60. The van der Waals surface area contributed by atoms with Crippen molar-refractivity contribution in [2.24, 2.45) is 0 Å². The highest BCUT2D eigenvalue weighted by molar-refractivity contribution is 5.94. The van der Waals surface area contributed by atoms with E-state index in [4.69, 9.17) is 6.42 Å². The van der Waals surface area contributed by atoms with Crippen molar-refractivity contribution < 1.29 is 23.1 Å². The van der Waals surface area contributed by atoms with Gasteiger partial charge >= 0.3 is 12.1 Å². The van der Waals surface area contributed by atoms with Gasteiger partial charge in [-0.2, -0.15) is 13.2 Å². The molecule has 3 rings (SSSR count). The number of benzene rings is 1. The van der Waals surface area contributed by atoms with Crippen molar-refractivity contribution in [1.82, 2.24) is 15.0 Å². The lowest BCUT2D eigenvalue weighted by molar-refractivity contribution is -0.137. The van der Waals surface area contributed by atoms with Crippen molar-refractivity contribution in [2.75, 3.05) is 0 Å². The fourth-order valence-electron chi connectivity index (χ4n) is 2.49. The molecule has 0 aliphatic carbocycles.